The van der Waals surface area contributed by atoms with Crippen molar-refractivity contribution >= 4 is 11.8 Å². The van der Waals surface area contributed by atoms with Crippen LogP contribution in [0.1, 0.15) is 84.5 Å². The SMILES string of the molecule is CCCCCC(O)/C=C/[C@H]1[C@H](O)CC(=O)[C@@H]1CCCC(C)CCCC(=O)O. The number of hydrogen-bond acceptors (Lipinski definition) is 4. The summed E-state index contributed by atoms with van der Waals surface area (Å²) in [4.78, 5) is 22.8. The molecule has 27 heavy (non-hydrogen) atoms. The molecular weight excluding hydrogens is 344 g/mol. The zero-order chi connectivity index (χ0) is 20.2. The van der Waals surface area contributed by atoms with Gasteiger partial charge in [-0.25, -0.2) is 0 Å². The minimum absolute atomic E-state index is 0.121. The Morgan fingerprint density at radius 2 is 1.89 bits per heavy atom. The summed E-state index contributed by atoms with van der Waals surface area (Å²) in [5, 5.41) is 29.0. The molecule has 0 aliphatic heterocycles. The molecule has 0 spiro atoms. The maximum Gasteiger partial charge on any atom is 0.303 e. The van der Waals surface area contributed by atoms with Gasteiger partial charge in [0.15, 0.2) is 0 Å². The van der Waals surface area contributed by atoms with E-state index in [4.69, 9.17) is 5.11 Å². The first-order valence-corrected chi connectivity index (χ1v) is 10.6. The summed E-state index contributed by atoms with van der Waals surface area (Å²) in [6.45, 7) is 4.25. The Kier molecular flexibility index (Phi) is 11.5. The van der Waals surface area contributed by atoms with Gasteiger partial charge in [0, 0.05) is 24.7 Å². The van der Waals surface area contributed by atoms with Crippen molar-refractivity contribution < 1.29 is 24.9 Å². The van der Waals surface area contributed by atoms with Gasteiger partial charge in [-0.1, -0.05) is 64.5 Å². The molecule has 5 atom stereocenters. The van der Waals surface area contributed by atoms with Crippen molar-refractivity contribution in [3.8, 4) is 0 Å². The highest BCUT2D eigenvalue weighted by atomic mass is 16.4. The molecule has 5 nitrogen and oxygen atoms in total. The van der Waals surface area contributed by atoms with Gasteiger partial charge in [0.05, 0.1) is 12.2 Å². The van der Waals surface area contributed by atoms with Gasteiger partial charge in [-0.2, -0.15) is 0 Å². The molecule has 0 heterocycles. The van der Waals surface area contributed by atoms with Crippen LogP contribution in [-0.4, -0.2) is 39.3 Å². The number of aliphatic hydroxyl groups excluding tert-OH is 2. The number of carbonyl (C=O) groups excluding carboxylic acids is 1. The number of carbonyl (C=O) groups is 2. The van der Waals surface area contributed by atoms with Crippen LogP contribution in [0.25, 0.3) is 0 Å². The summed E-state index contributed by atoms with van der Waals surface area (Å²) in [7, 11) is 0. The maximum absolute atomic E-state index is 12.3. The largest absolute Gasteiger partial charge is 0.481 e. The normalized spacial score (nSPS) is 25.2. The summed E-state index contributed by atoms with van der Waals surface area (Å²) in [5.41, 5.74) is 0. The number of hydrogen-bond donors (Lipinski definition) is 3. The van der Waals surface area contributed by atoms with E-state index in [0.29, 0.717) is 12.3 Å². The highest BCUT2D eigenvalue weighted by molar-refractivity contribution is 5.84. The van der Waals surface area contributed by atoms with E-state index in [-0.39, 0.29) is 30.5 Å². The summed E-state index contributed by atoms with van der Waals surface area (Å²) < 4.78 is 0. The number of aliphatic hydroxyl groups is 2. The molecule has 1 rings (SSSR count). The van der Waals surface area contributed by atoms with Crippen molar-refractivity contribution in [3.05, 3.63) is 12.2 Å². The Morgan fingerprint density at radius 1 is 1.19 bits per heavy atom. The van der Waals surface area contributed by atoms with Gasteiger partial charge in [-0.15, -0.1) is 0 Å². The lowest BCUT2D eigenvalue weighted by molar-refractivity contribution is -0.137. The number of ketones is 1. The van der Waals surface area contributed by atoms with Gasteiger partial charge < -0.3 is 15.3 Å². The van der Waals surface area contributed by atoms with Gasteiger partial charge in [-0.3, -0.25) is 9.59 Å². The predicted octanol–water partition coefficient (Wildman–Crippen LogP) is 4.11. The predicted molar refractivity (Wildman–Crippen MR) is 106 cm³/mol. The second-order valence-corrected chi connectivity index (χ2v) is 8.19. The van der Waals surface area contributed by atoms with Gasteiger partial charge in [-0.05, 0) is 25.2 Å². The lowest BCUT2D eigenvalue weighted by atomic mass is 9.87. The lowest BCUT2D eigenvalue weighted by Gasteiger charge is -2.19. The zero-order valence-electron chi connectivity index (χ0n) is 17.0. The molecule has 3 N–H and O–H groups in total. The molecule has 0 amide bonds. The number of rotatable bonds is 14. The van der Waals surface area contributed by atoms with Crippen molar-refractivity contribution in [2.24, 2.45) is 17.8 Å². The molecule has 0 aromatic rings. The van der Waals surface area contributed by atoms with Crippen molar-refractivity contribution in [2.45, 2.75) is 96.7 Å². The molecule has 0 saturated heterocycles. The van der Waals surface area contributed by atoms with Crippen LogP contribution in [0.5, 0.6) is 0 Å². The molecule has 0 aromatic heterocycles. The summed E-state index contributed by atoms with van der Waals surface area (Å²) in [6, 6.07) is 0. The van der Waals surface area contributed by atoms with E-state index < -0.39 is 18.2 Å². The van der Waals surface area contributed by atoms with Crippen molar-refractivity contribution in [2.75, 3.05) is 0 Å². The van der Waals surface area contributed by atoms with E-state index in [0.717, 1.165) is 51.4 Å². The third-order valence-corrected chi connectivity index (χ3v) is 5.69. The maximum atomic E-state index is 12.3. The van der Waals surface area contributed by atoms with E-state index in [1.165, 1.54) is 0 Å². The summed E-state index contributed by atoms with van der Waals surface area (Å²) in [5.74, 6) is -0.540. The molecule has 2 unspecified atom stereocenters. The molecule has 156 valence electrons. The van der Waals surface area contributed by atoms with Crippen LogP contribution in [0.2, 0.25) is 0 Å². The molecule has 0 aromatic carbocycles. The van der Waals surface area contributed by atoms with E-state index in [1.807, 2.05) is 6.08 Å². The Bertz CT molecular complexity index is 473. The monoisotopic (exact) mass is 382 g/mol. The van der Waals surface area contributed by atoms with Crippen LogP contribution < -0.4 is 0 Å². The van der Waals surface area contributed by atoms with Crippen LogP contribution in [-0.2, 0) is 9.59 Å². The van der Waals surface area contributed by atoms with Crippen molar-refractivity contribution in [1.82, 2.24) is 0 Å². The fourth-order valence-corrected chi connectivity index (χ4v) is 3.98. The summed E-state index contributed by atoms with van der Waals surface area (Å²) in [6.07, 6.45) is 11.0. The second-order valence-electron chi connectivity index (χ2n) is 8.19. The van der Waals surface area contributed by atoms with E-state index in [1.54, 1.807) is 6.08 Å². The van der Waals surface area contributed by atoms with Gasteiger partial charge in [0.25, 0.3) is 0 Å². The lowest BCUT2D eigenvalue weighted by Crippen LogP contribution is -2.19. The Labute approximate surface area is 163 Å². The van der Waals surface area contributed by atoms with Crippen LogP contribution in [0.3, 0.4) is 0 Å². The molecule has 1 fully saturated rings. The number of unbranched alkanes of at least 4 members (excludes halogenated alkanes) is 2. The van der Waals surface area contributed by atoms with E-state index >= 15 is 0 Å². The van der Waals surface area contributed by atoms with Gasteiger partial charge in [0.1, 0.15) is 5.78 Å². The molecule has 1 aliphatic rings. The van der Waals surface area contributed by atoms with Gasteiger partial charge in [0.2, 0.25) is 0 Å². The first-order chi connectivity index (χ1) is 12.8. The average molecular weight is 383 g/mol. The number of carboxylic acid groups (broad SMARTS) is 1. The quantitative estimate of drug-likeness (QED) is 0.310. The zero-order valence-corrected chi connectivity index (χ0v) is 17.0. The fraction of sp³-hybridized carbons (Fsp3) is 0.818. The number of carboxylic acids is 1. The molecule has 5 heteroatoms. The second kappa shape index (κ2) is 13.1. The fourth-order valence-electron chi connectivity index (χ4n) is 3.98. The van der Waals surface area contributed by atoms with Gasteiger partial charge >= 0.3 is 5.97 Å². The third-order valence-electron chi connectivity index (χ3n) is 5.69. The summed E-state index contributed by atoms with van der Waals surface area (Å²) >= 11 is 0. The molecule has 0 radical (unpaired) electrons. The standard InChI is InChI=1S/C22H38O5/c1-3-4-5-10-17(23)13-14-19-18(20(24)15-21(19)25)11-6-8-16(2)9-7-12-22(26)27/h13-14,16-19,21,23,25H,3-12,15H2,1-2H3,(H,26,27)/b14-13+/t16?,17?,18-,19-,21-/m1/s1. The molecule has 1 saturated carbocycles. The molecule has 0 bridgehead atoms. The van der Waals surface area contributed by atoms with Crippen molar-refractivity contribution in [3.63, 3.8) is 0 Å². The van der Waals surface area contributed by atoms with E-state index in [2.05, 4.69) is 13.8 Å². The third kappa shape index (κ3) is 9.52. The van der Waals surface area contributed by atoms with Crippen molar-refractivity contribution in [1.29, 1.82) is 0 Å². The number of Topliss-reactive ketones (excluding diaryl/α,β-unsaturated/α-hetero) is 1. The Balaban J connectivity index is 2.42. The number of aliphatic carboxylic acids is 1. The first-order valence-electron chi connectivity index (χ1n) is 10.6. The van der Waals surface area contributed by atoms with Crippen LogP contribution in [0.15, 0.2) is 12.2 Å². The Morgan fingerprint density at radius 3 is 2.56 bits per heavy atom. The minimum atomic E-state index is -0.751. The molecule has 1 aliphatic carbocycles. The highest BCUT2D eigenvalue weighted by Gasteiger charge is 2.39. The van der Waals surface area contributed by atoms with Crippen LogP contribution >= 0.6 is 0 Å². The molecular formula is C22H38O5. The highest BCUT2D eigenvalue weighted by Crippen LogP contribution is 2.34. The topological polar surface area (TPSA) is 94.8 Å². The van der Waals surface area contributed by atoms with Crippen LogP contribution in [0.4, 0.5) is 0 Å². The smallest absolute Gasteiger partial charge is 0.303 e. The van der Waals surface area contributed by atoms with E-state index in [9.17, 15) is 19.8 Å². The minimum Gasteiger partial charge on any atom is -0.481 e. The van der Waals surface area contributed by atoms with Crippen LogP contribution in [0, 0.1) is 17.8 Å². The average Bonchev–Trinajstić information content (AvgIpc) is 2.86. The first kappa shape index (κ1) is 23.8. The Hall–Kier alpha value is -1.20.